The van der Waals surface area contributed by atoms with Gasteiger partial charge in [0.05, 0.1) is 16.5 Å². The summed E-state index contributed by atoms with van der Waals surface area (Å²) in [4.78, 5) is 7.46. The number of hydrogen-bond acceptors (Lipinski definition) is 5. The molecule has 8 heteroatoms. The second kappa shape index (κ2) is 9.38. The lowest BCUT2D eigenvalue weighted by atomic mass is 9.96. The number of allylic oxidation sites excluding steroid dienone is 1. The molecule has 3 aromatic rings. The van der Waals surface area contributed by atoms with Gasteiger partial charge in [0.2, 0.25) is 10.0 Å². The number of rotatable bonds is 6. The summed E-state index contributed by atoms with van der Waals surface area (Å²) in [7, 11) is -3.21. The highest BCUT2D eigenvalue weighted by Gasteiger charge is 2.29. The van der Waals surface area contributed by atoms with Crippen molar-refractivity contribution in [1.82, 2.24) is 14.3 Å². The number of nitrogens with zero attached hydrogens (tertiary/aromatic N) is 3. The molecule has 1 aliphatic rings. The molecule has 1 fully saturated rings. The van der Waals surface area contributed by atoms with Gasteiger partial charge >= 0.3 is 0 Å². The Morgan fingerprint density at radius 3 is 2.70 bits per heavy atom. The predicted octanol–water partition coefficient (Wildman–Crippen LogP) is 4.95. The lowest BCUT2D eigenvalue weighted by Crippen LogP contribution is -2.41. The summed E-state index contributed by atoms with van der Waals surface area (Å²) in [6.07, 6.45) is 10.9. The molecule has 33 heavy (non-hydrogen) atoms. The number of aromatic amines is 1. The molecule has 0 unspecified atom stereocenters. The highest BCUT2D eigenvalue weighted by molar-refractivity contribution is 7.89. The number of anilines is 2. The molecular weight excluding hydrogens is 434 g/mol. The van der Waals surface area contributed by atoms with Crippen LogP contribution in [0.3, 0.4) is 0 Å². The standard InChI is InChI=1S/C25H29N5O2S/c1-17(2)33(31,32)30-12-9-19(10-13-30)4-5-20-15-27-16-21(14-26)25(20)29-23-6-7-24-22(18(23)3)8-11-28-24/h4-8,11,15-17,19,28H,9-10,12-13H2,1-3H3,(H,27,29)/b5-4+. The van der Waals surface area contributed by atoms with Crippen molar-refractivity contribution >= 4 is 38.4 Å². The van der Waals surface area contributed by atoms with Gasteiger partial charge in [0.25, 0.3) is 0 Å². The van der Waals surface area contributed by atoms with Gasteiger partial charge in [-0.05, 0) is 63.3 Å². The molecule has 4 rings (SSSR count). The van der Waals surface area contributed by atoms with Crippen LogP contribution in [0.2, 0.25) is 0 Å². The molecule has 2 aromatic heterocycles. The molecule has 1 aromatic carbocycles. The van der Waals surface area contributed by atoms with Crippen molar-refractivity contribution in [2.75, 3.05) is 18.4 Å². The molecule has 0 radical (unpaired) electrons. The highest BCUT2D eigenvalue weighted by Crippen LogP contribution is 2.31. The van der Waals surface area contributed by atoms with Crippen molar-refractivity contribution < 1.29 is 8.42 Å². The van der Waals surface area contributed by atoms with Gasteiger partial charge in [-0.3, -0.25) is 4.98 Å². The number of pyridine rings is 1. The number of fused-ring (bicyclic) bond motifs is 1. The molecule has 1 aliphatic heterocycles. The van der Waals surface area contributed by atoms with Crippen LogP contribution in [0.15, 0.2) is 42.9 Å². The Labute approximate surface area is 195 Å². The molecule has 0 saturated carbocycles. The maximum absolute atomic E-state index is 12.4. The van der Waals surface area contributed by atoms with Crippen LogP contribution in [0.1, 0.15) is 43.4 Å². The molecular formula is C25H29N5O2S. The Morgan fingerprint density at radius 1 is 1.24 bits per heavy atom. The summed E-state index contributed by atoms with van der Waals surface area (Å²) in [5, 5.41) is 13.9. The van der Waals surface area contributed by atoms with E-state index >= 15 is 0 Å². The third-order valence-electron chi connectivity index (χ3n) is 6.36. The maximum Gasteiger partial charge on any atom is 0.216 e. The van der Waals surface area contributed by atoms with Crippen LogP contribution in [0.4, 0.5) is 11.4 Å². The minimum atomic E-state index is -3.21. The maximum atomic E-state index is 12.4. The number of piperidine rings is 1. The van der Waals surface area contributed by atoms with Crippen molar-refractivity contribution in [3.05, 3.63) is 59.6 Å². The van der Waals surface area contributed by atoms with E-state index in [1.165, 1.54) is 0 Å². The lowest BCUT2D eigenvalue weighted by Gasteiger charge is -2.31. The Balaban J connectivity index is 1.55. The fourth-order valence-electron chi connectivity index (χ4n) is 4.24. The Hall–Kier alpha value is -3.15. The number of aryl methyl sites for hydroxylation is 1. The third kappa shape index (κ3) is 4.65. The average Bonchev–Trinajstić information content (AvgIpc) is 3.30. The first kappa shape index (κ1) is 23.0. The largest absolute Gasteiger partial charge is 0.361 e. The number of nitriles is 1. The smallest absolute Gasteiger partial charge is 0.216 e. The van der Waals surface area contributed by atoms with E-state index in [4.69, 9.17) is 0 Å². The van der Waals surface area contributed by atoms with Crippen LogP contribution >= 0.6 is 0 Å². The molecule has 0 spiro atoms. The van der Waals surface area contributed by atoms with E-state index in [9.17, 15) is 13.7 Å². The first-order chi connectivity index (χ1) is 15.8. The molecule has 1 saturated heterocycles. The predicted molar refractivity (Wildman–Crippen MR) is 133 cm³/mol. The first-order valence-corrected chi connectivity index (χ1v) is 12.7. The summed E-state index contributed by atoms with van der Waals surface area (Å²) >= 11 is 0. The first-order valence-electron chi connectivity index (χ1n) is 11.2. The molecule has 7 nitrogen and oxygen atoms in total. The third-order valence-corrected chi connectivity index (χ3v) is 8.64. The van der Waals surface area contributed by atoms with Gasteiger partial charge in [-0.2, -0.15) is 5.26 Å². The van der Waals surface area contributed by atoms with Gasteiger partial charge in [-0.1, -0.05) is 12.2 Å². The van der Waals surface area contributed by atoms with Crippen molar-refractivity contribution in [2.24, 2.45) is 5.92 Å². The van der Waals surface area contributed by atoms with E-state index in [1.54, 1.807) is 30.5 Å². The number of benzene rings is 1. The monoisotopic (exact) mass is 463 g/mol. The van der Waals surface area contributed by atoms with Crippen molar-refractivity contribution in [3.63, 3.8) is 0 Å². The summed E-state index contributed by atoms with van der Waals surface area (Å²) in [5.41, 5.74) is 5.14. The quantitative estimate of drug-likeness (QED) is 0.538. The fraction of sp³-hybridized carbons (Fsp3) is 0.360. The zero-order valence-corrected chi connectivity index (χ0v) is 20.0. The minimum absolute atomic E-state index is 0.278. The van der Waals surface area contributed by atoms with Crippen LogP contribution in [0, 0.1) is 24.2 Å². The zero-order valence-electron chi connectivity index (χ0n) is 19.2. The molecule has 3 heterocycles. The van der Waals surface area contributed by atoms with Gasteiger partial charge in [-0.15, -0.1) is 0 Å². The molecule has 0 amide bonds. The van der Waals surface area contributed by atoms with E-state index in [0.29, 0.717) is 18.7 Å². The summed E-state index contributed by atoms with van der Waals surface area (Å²) < 4.78 is 26.4. The van der Waals surface area contributed by atoms with Gasteiger partial charge in [0.15, 0.2) is 0 Å². The number of sulfonamides is 1. The van der Waals surface area contributed by atoms with Gasteiger partial charge in [0, 0.05) is 53.8 Å². The van der Waals surface area contributed by atoms with Crippen molar-refractivity contribution in [1.29, 1.82) is 5.26 Å². The van der Waals surface area contributed by atoms with Gasteiger partial charge < -0.3 is 10.3 Å². The van der Waals surface area contributed by atoms with E-state index in [1.807, 2.05) is 30.5 Å². The SMILES string of the molecule is Cc1c(Nc2c(C#N)cncc2/C=C/C2CCN(S(=O)(=O)C(C)C)CC2)ccc2[nH]ccc12. The zero-order chi connectivity index (χ0) is 23.6. The van der Waals surface area contributed by atoms with Crippen LogP contribution in [0.25, 0.3) is 17.0 Å². The number of hydrogen-bond donors (Lipinski definition) is 2. The van der Waals surface area contributed by atoms with E-state index in [2.05, 4.69) is 34.4 Å². The lowest BCUT2D eigenvalue weighted by molar-refractivity contribution is 0.304. The second-order valence-corrected chi connectivity index (χ2v) is 11.2. The van der Waals surface area contributed by atoms with E-state index < -0.39 is 15.3 Å². The van der Waals surface area contributed by atoms with Gasteiger partial charge in [0.1, 0.15) is 6.07 Å². The normalized spacial score (nSPS) is 16.0. The second-order valence-electron chi connectivity index (χ2n) is 8.75. The van der Waals surface area contributed by atoms with E-state index in [0.717, 1.165) is 46.2 Å². The number of H-pyrrole nitrogens is 1. The Kier molecular flexibility index (Phi) is 6.54. The molecule has 172 valence electrons. The molecule has 2 N–H and O–H groups in total. The molecule has 0 bridgehead atoms. The van der Waals surface area contributed by atoms with Crippen LogP contribution in [-0.4, -0.2) is 41.0 Å². The molecule has 0 atom stereocenters. The topological polar surface area (TPSA) is 102 Å². The Morgan fingerprint density at radius 2 is 2.00 bits per heavy atom. The fourth-order valence-corrected chi connectivity index (χ4v) is 5.56. The summed E-state index contributed by atoms with van der Waals surface area (Å²) in [6, 6.07) is 8.31. The summed E-state index contributed by atoms with van der Waals surface area (Å²) in [6.45, 7) is 6.57. The van der Waals surface area contributed by atoms with Crippen molar-refractivity contribution in [3.8, 4) is 6.07 Å². The summed E-state index contributed by atoms with van der Waals surface area (Å²) in [5.74, 6) is 0.278. The van der Waals surface area contributed by atoms with Crippen LogP contribution < -0.4 is 5.32 Å². The Bertz CT molecular complexity index is 1330. The van der Waals surface area contributed by atoms with E-state index in [-0.39, 0.29) is 5.92 Å². The van der Waals surface area contributed by atoms with Crippen LogP contribution in [0.5, 0.6) is 0 Å². The van der Waals surface area contributed by atoms with Crippen molar-refractivity contribution in [2.45, 2.75) is 38.9 Å². The number of nitrogens with one attached hydrogen (secondary N) is 2. The molecule has 0 aliphatic carbocycles. The van der Waals surface area contributed by atoms with Crippen LogP contribution in [-0.2, 0) is 10.0 Å². The highest BCUT2D eigenvalue weighted by atomic mass is 32.2. The average molecular weight is 464 g/mol. The minimum Gasteiger partial charge on any atom is -0.361 e. The number of aromatic nitrogens is 2. The van der Waals surface area contributed by atoms with Gasteiger partial charge in [-0.25, -0.2) is 12.7 Å².